The molecule has 1 aliphatic rings. The molecular formula is C23H20N4O5. The molecule has 0 saturated heterocycles. The van der Waals surface area contributed by atoms with Crippen molar-refractivity contribution in [3.05, 3.63) is 71.3 Å². The Bertz CT molecular complexity index is 1360. The van der Waals surface area contributed by atoms with Crippen LogP contribution in [0.15, 0.2) is 65.7 Å². The third kappa shape index (κ3) is 3.76. The molecule has 0 atom stereocenters. The number of hydrogen-bond donors (Lipinski definition) is 1. The summed E-state index contributed by atoms with van der Waals surface area (Å²) in [6.07, 6.45) is 3.20. The Kier molecular flexibility index (Phi) is 4.98. The summed E-state index contributed by atoms with van der Waals surface area (Å²) < 4.78 is 18.9. The topological polar surface area (TPSA) is 96.1 Å². The lowest BCUT2D eigenvalue weighted by Crippen LogP contribution is -2.28. The van der Waals surface area contributed by atoms with Gasteiger partial charge in [-0.3, -0.25) is 9.59 Å². The van der Waals surface area contributed by atoms with Crippen LogP contribution in [0.3, 0.4) is 0 Å². The average molecular weight is 432 g/mol. The maximum atomic E-state index is 12.9. The molecule has 0 aliphatic carbocycles. The molecule has 9 heteroatoms. The molecule has 2 aromatic carbocycles. The van der Waals surface area contributed by atoms with Crippen LogP contribution in [0.4, 0.5) is 5.69 Å². The number of hydrogen-bond acceptors (Lipinski definition) is 6. The van der Waals surface area contributed by atoms with Gasteiger partial charge in [-0.2, -0.15) is 5.10 Å². The fourth-order valence-corrected chi connectivity index (χ4v) is 3.51. The highest BCUT2D eigenvalue weighted by atomic mass is 16.7. The number of nitrogens with one attached hydrogen (secondary N) is 1. The summed E-state index contributed by atoms with van der Waals surface area (Å²) in [5.41, 5.74) is 2.16. The van der Waals surface area contributed by atoms with Gasteiger partial charge in [0, 0.05) is 29.7 Å². The minimum atomic E-state index is -0.332. The zero-order valence-electron chi connectivity index (χ0n) is 17.3. The lowest BCUT2D eigenvalue weighted by molar-refractivity contribution is -0.116. The van der Waals surface area contributed by atoms with E-state index in [4.69, 9.17) is 14.2 Å². The van der Waals surface area contributed by atoms with Gasteiger partial charge >= 0.3 is 0 Å². The van der Waals surface area contributed by atoms with E-state index in [2.05, 4.69) is 10.4 Å². The first-order valence-corrected chi connectivity index (χ1v) is 10.1. The molecule has 2 aromatic heterocycles. The number of rotatable bonds is 6. The summed E-state index contributed by atoms with van der Waals surface area (Å²) >= 11 is 0. The number of fused-ring (bicyclic) bond motifs is 2. The van der Waals surface area contributed by atoms with E-state index in [0.717, 1.165) is 11.3 Å². The predicted molar refractivity (Wildman–Crippen MR) is 117 cm³/mol. The van der Waals surface area contributed by atoms with Crippen LogP contribution in [0.25, 0.3) is 16.8 Å². The van der Waals surface area contributed by atoms with Crippen molar-refractivity contribution in [1.82, 2.24) is 14.2 Å². The zero-order chi connectivity index (χ0) is 22.1. The monoisotopic (exact) mass is 432 g/mol. The molecule has 162 valence electrons. The van der Waals surface area contributed by atoms with E-state index in [1.165, 1.54) is 9.08 Å². The van der Waals surface area contributed by atoms with Gasteiger partial charge in [-0.1, -0.05) is 0 Å². The highest BCUT2D eigenvalue weighted by Gasteiger charge is 2.15. The van der Waals surface area contributed by atoms with Crippen LogP contribution in [-0.4, -0.2) is 33.5 Å². The number of carbonyl (C=O) groups is 1. The Morgan fingerprint density at radius 1 is 1.09 bits per heavy atom. The maximum Gasteiger partial charge on any atom is 0.277 e. The first-order chi connectivity index (χ1) is 15.6. The summed E-state index contributed by atoms with van der Waals surface area (Å²) in [7, 11) is 0. The van der Waals surface area contributed by atoms with E-state index >= 15 is 0 Å². The van der Waals surface area contributed by atoms with Crippen LogP contribution in [0.2, 0.25) is 0 Å². The first kappa shape index (κ1) is 19.7. The fourth-order valence-electron chi connectivity index (χ4n) is 3.51. The van der Waals surface area contributed by atoms with Crippen molar-refractivity contribution in [2.24, 2.45) is 0 Å². The predicted octanol–water partition coefficient (Wildman–Crippen LogP) is 2.93. The molecular weight excluding hydrogens is 412 g/mol. The molecule has 1 amide bonds. The number of carbonyl (C=O) groups excluding carboxylic acids is 1. The van der Waals surface area contributed by atoms with E-state index in [1.807, 2.05) is 31.2 Å². The largest absolute Gasteiger partial charge is 0.494 e. The summed E-state index contributed by atoms with van der Waals surface area (Å²) in [6.45, 7) is 2.55. The lowest BCUT2D eigenvalue weighted by atomic mass is 10.1. The molecule has 1 aliphatic heterocycles. The average Bonchev–Trinajstić information content (AvgIpc) is 3.43. The SMILES string of the molecule is CCOc1ccc(-c2cc3c(=O)n(CC(=O)Nc4ccc5c(c4)OCO5)ccn3n2)cc1. The Hall–Kier alpha value is -4.27. The number of ether oxygens (including phenoxy) is 3. The van der Waals surface area contributed by atoms with Gasteiger partial charge in [0.05, 0.1) is 12.3 Å². The Balaban J connectivity index is 1.35. The quantitative estimate of drug-likeness (QED) is 0.503. The van der Waals surface area contributed by atoms with Crippen molar-refractivity contribution in [3.8, 4) is 28.5 Å². The molecule has 0 saturated carbocycles. The molecule has 0 radical (unpaired) electrons. The number of amides is 1. The van der Waals surface area contributed by atoms with Gasteiger partial charge in [0.25, 0.3) is 5.56 Å². The van der Waals surface area contributed by atoms with Gasteiger partial charge < -0.3 is 24.1 Å². The summed E-state index contributed by atoms with van der Waals surface area (Å²) in [5.74, 6) is 1.65. The van der Waals surface area contributed by atoms with E-state index < -0.39 is 0 Å². The van der Waals surface area contributed by atoms with Gasteiger partial charge in [-0.05, 0) is 49.4 Å². The molecule has 0 unspecified atom stereocenters. The zero-order valence-corrected chi connectivity index (χ0v) is 17.3. The van der Waals surface area contributed by atoms with Crippen molar-refractivity contribution in [2.75, 3.05) is 18.7 Å². The fraction of sp³-hybridized carbons (Fsp3) is 0.174. The molecule has 3 heterocycles. The normalized spacial score (nSPS) is 12.2. The summed E-state index contributed by atoms with van der Waals surface area (Å²) in [4.78, 5) is 25.4. The Morgan fingerprint density at radius 2 is 1.91 bits per heavy atom. The van der Waals surface area contributed by atoms with Crippen molar-refractivity contribution in [2.45, 2.75) is 13.5 Å². The standard InChI is InChI=1S/C23H20N4O5/c1-2-30-17-6-3-15(4-7-17)18-12-19-23(29)26(9-10-27(19)25-18)13-22(28)24-16-5-8-20-21(11-16)32-14-31-20/h3-12H,2,13-14H2,1H3,(H,24,28). The lowest BCUT2D eigenvalue weighted by Gasteiger charge is -2.08. The molecule has 32 heavy (non-hydrogen) atoms. The van der Waals surface area contributed by atoms with Gasteiger partial charge in [-0.25, -0.2) is 4.52 Å². The van der Waals surface area contributed by atoms with Crippen molar-refractivity contribution in [3.63, 3.8) is 0 Å². The number of nitrogens with zero attached hydrogens (tertiary/aromatic N) is 3. The maximum absolute atomic E-state index is 12.9. The number of benzene rings is 2. The van der Waals surface area contributed by atoms with Gasteiger partial charge in [0.2, 0.25) is 12.7 Å². The minimum absolute atomic E-state index is 0.132. The Morgan fingerprint density at radius 3 is 2.72 bits per heavy atom. The van der Waals surface area contributed by atoms with Crippen molar-refractivity contribution >= 4 is 17.1 Å². The van der Waals surface area contributed by atoms with Gasteiger partial charge in [0.1, 0.15) is 17.8 Å². The van der Waals surface area contributed by atoms with Crippen LogP contribution in [0.1, 0.15) is 6.92 Å². The van der Waals surface area contributed by atoms with Crippen molar-refractivity contribution in [1.29, 1.82) is 0 Å². The summed E-state index contributed by atoms with van der Waals surface area (Å²) in [5, 5.41) is 7.25. The highest BCUT2D eigenvalue weighted by Crippen LogP contribution is 2.34. The van der Waals surface area contributed by atoms with Gasteiger partial charge in [-0.15, -0.1) is 0 Å². The Labute approximate surface area is 182 Å². The molecule has 5 rings (SSSR count). The molecule has 0 spiro atoms. The van der Waals surface area contributed by atoms with Crippen LogP contribution >= 0.6 is 0 Å². The van der Waals surface area contributed by atoms with Crippen LogP contribution in [0, 0.1) is 0 Å². The number of aromatic nitrogens is 3. The molecule has 4 aromatic rings. The van der Waals surface area contributed by atoms with E-state index in [0.29, 0.717) is 35.0 Å². The molecule has 0 bridgehead atoms. The van der Waals surface area contributed by atoms with E-state index in [9.17, 15) is 9.59 Å². The second-order valence-electron chi connectivity index (χ2n) is 7.16. The molecule has 9 nitrogen and oxygen atoms in total. The van der Waals surface area contributed by atoms with Crippen LogP contribution in [-0.2, 0) is 11.3 Å². The van der Waals surface area contributed by atoms with Gasteiger partial charge in [0.15, 0.2) is 11.5 Å². The van der Waals surface area contributed by atoms with E-state index in [1.54, 1.807) is 36.7 Å². The van der Waals surface area contributed by atoms with Crippen LogP contribution < -0.4 is 25.1 Å². The second-order valence-corrected chi connectivity index (χ2v) is 7.16. The minimum Gasteiger partial charge on any atom is -0.494 e. The van der Waals surface area contributed by atoms with Crippen LogP contribution in [0.5, 0.6) is 17.2 Å². The third-order valence-electron chi connectivity index (χ3n) is 5.03. The molecule has 0 fully saturated rings. The smallest absolute Gasteiger partial charge is 0.277 e. The second kappa shape index (κ2) is 8.10. The highest BCUT2D eigenvalue weighted by molar-refractivity contribution is 5.91. The third-order valence-corrected chi connectivity index (χ3v) is 5.03. The van der Waals surface area contributed by atoms with Crippen molar-refractivity contribution < 1.29 is 19.0 Å². The first-order valence-electron chi connectivity index (χ1n) is 10.1. The molecule has 1 N–H and O–H groups in total. The number of anilines is 1. The summed E-state index contributed by atoms with van der Waals surface area (Å²) in [6, 6.07) is 14.4. The van der Waals surface area contributed by atoms with E-state index in [-0.39, 0.29) is 24.8 Å².